The molecular weight excluding hydrogens is 403 g/mol. The molecule has 0 aliphatic carbocycles. The standard InChI is InChI=1S/C22H23FN4O2S/c1-2-17-3-5-18(6-4-17)21-11-12-22(25-24-21)26-13-15-27(16-14-26)30(28,29)20-9-7-19(23)8-10-20/h3-12H,2,13-16H2,1H3. The molecule has 0 spiro atoms. The lowest BCUT2D eigenvalue weighted by Crippen LogP contribution is -2.49. The van der Waals surface area contributed by atoms with Crippen LogP contribution in [0.25, 0.3) is 11.3 Å². The Hall–Kier alpha value is -2.84. The van der Waals surface area contributed by atoms with Gasteiger partial charge >= 0.3 is 0 Å². The molecule has 1 aliphatic rings. The maximum atomic E-state index is 13.1. The third kappa shape index (κ3) is 4.20. The van der Waals surface area contributed by atoms with E-state index in [0.717, 1.165) is 35.6 Å². The lowest BCUT2D eigenvalue weighted by atomic mass is 10.1. The van der Waals surface area contributed by atoms with Crippen molar-refractivity contribution in [1.29, 1.82) is 0 Å². The Kier molecular flexibility index (Phi) is 5.78. The smallest absolute Gasteiger partial charge is 0.243 e. The summed E-state index contributed by atoms with van der Waals surface area (Å²) >= 11 is 0. The summed E-state index contributed by atoms with van der Waals surface area (Å²) in [4.78, 5) is 2.13. The van der Waals surface area contributed by atoms with E-state index in [1.54, 1.807) is 0 Å². The topological polar surface area (TPSA) is 66.4 Å². The molecule has 8 heteroatoms. The lowest BCUT2D eigenvalue weighted by molar-refractivity contribution is 0.383. The Morgan fingerprint density at radius 3 is 2.10 bits per heavy atom. The van der Waals surface area contributed by atoms with Crippen LogP contribution >= 0.6 is 0 Å². The predicted molar refractivity (Wildman–Crippen MR) is 114 cm³/mol. The average molecular weight is 427 g/mol. The van der Waals surface area contributed by atoms with Gasteiger partial charge in [-0.2, -0.15) is 4.31 Å². The van der Waals surface area contributed by atoms with E-state index in [-0.39, 0.29) is 4.90 Å². The maximum Gasteiger partial charge on any atom is 0.243 e. The second-order valence-corrected chi connectivity index (χ2v) is 9.11. The van der Waals surface area contributed by atoms with Gasteiger partial charge < -0.3 is 4.90 Å². The summed E-state index contributed by atoms with van der Waals surface area (Å²) in [6.45, 7) is 3.82. The van der Waals surface area contributed by atoms with Crippen molar-refractivity contribution in [2.75, 3.05) is 31.1 Å². The van der Waals surface area contributed by atoms with Crippen LogP contribution in [-0.4, -0.2) is 49.1 Å². The molecule has 4 rings (SSSR count). The first kappa shape index (κ1) is 20.4. The quantitative estimate of drug-likeness (QED) is 0.626. The fraction of sp³-hybridized carbons (Fsp3) is 0.273. The van der Waals surface area contributed by atoms with Gasteiger partial charge in [0, 0.05) is 31.7 Å². The summed E-state index contributed by atoms with van der Waals surface area (Å²) in [7, 11) is -3.63. The zero-order valence-corrected chi connectivity index (χ0v) is 17.5. The zero-order chi connectivity index (χ0) is 21.1. The van der Waals surface area contributed by atoms with E-state index < -0.39 is 15.8 Å². The van der Waals surface area contributed by atoms with Gasteiger partial charge in [0.05, 0.1) is 10.6 Å². The first-order chi connectivity index (χ1) is 14.5. The van der Waals surface area contributed by atoms with Crippen LogP contribution in [0, 0.1) is 5.82 Å². The molecule has 30 heavy (non-hydrogen) atoms. The number of hydrogen-bond acceptors (Lipinski definition) is 5. The van der Waals surface area contributed by atoms with Crippen molar-refractivity contribution < 1.29 is 12.8 Å². The molecule has 1 fully saturated rings. The van der Waals surface area contributed by atoms with Crippen LogP contribution in [0.3, 0.4) is 0 Å². The van der Waals surface area contributed by atoms with Gasteiger partial charge in [-0.05, 0) is 48.4 Å². The zero-order valence-electron chi connectivity index (χ0n) is 16.7. The Balaban J connectivity index is 1.42. The second kappa shape index (κ2) is 8.49. The molecule has 1 aromatic heterocycles. The summed E-state index contributed by atoms with van der Waals surface area (Å²) in [5.41, 5.74) is 3.09. The molecule has 1 aliphatic heterocycles. The van der Waals surface area contributed by atoms with Gasteiger partial charge in [-0.25, -0.2) is 12.8 Å². The van der Waals surface area contributed by atoms with Crippen LogP contribution in [0.5, 0.6) is 0 Å². The molecule has 0 unspecified atom stereocenters. The van der Waals surface area contributed by atoms with E-state index >= 15 is 0 Å². The van der Waals surface area contributed by atoms with Crippen molar-refractivity contribution in [3.63, 3.8) is 0 Å². The number of anilines is 1. The Morgan fingerprint density at radius 2 is 1.53 bits per heavy atom. The SMILES string of the molecule is CCc1ccc(-c2ccc(N3CCN(S(=O)(=O)c4ccc(F)cc4)CC3)nn2)cc1. The minimum atomic E-state index is -3.63. The molecule has 1 saturated heterocycles. The predicted octanol–water partition coefficient (Wildman–Crippen LogP) is 3.36. The number of benzene rings is 2. The van der Waals surface area contributed by atoms with Crippen LogP contribution in [-0.2, 0) is 16.4 Å². The third-order valence-corrected chi connectivity index (χ3v) is 7.24. The van der Waals surface area contributed by atoms with Crippen molar-refractivity contribution >= 4 is 15.8 Å². The molecular formula is C22H23FN4O2S. The highest BCUT2D eigenvalue weighted by atomic mass is 32.2. The van der Waals surface area contributed by atoms with Gasteiger partial charge in [-0.3, -0.25) is 0 Å². The third-order valence-electron chi connectivity index (χ3n) is 5.32. The summed E-state index contributed by atoms with van der Waals surface area (Å²) in [6, 6.07) is 17.0. The number of halogens is 1. The summed E-state index contributed by atoms with van der Waals surface area (Å²) < 4.78 is 40.0. The van der Waals surface area contributed by atoms with Crippen molar-refractivity contribution in [2.24, 2.45) is 0 Å². The number of piperazine rings is 1. The summed E-state index contributed by atoms with van der Waals surface area (Å²) in [5, 5.41) is 8.69. The minimum Gasteiger partial charge on any atom is -0.352 e. The Morgan fingerprint density at radius 1 is 0.867 bits per heavy atom. The van der Waals surface area contributed by atoms with Crippen molar-refractivity contribution in [3.05, 3.63) is 72.0 Å². The van der Waals surface area contributed by atoms with E-state index in [0.29, 0.717) is 26.2 Å². The van der Waals surface area contributed by atoms with Crippen LogP contribution in [0.2, 0.25) is 0 Å². The van der Waals surface area contributed by atoms with Crippen LogP contribution in [0.4, 0.5) is 10.2 Å². The van der Waals surface area contributed by atoms with Crippen molar-refractivity contribution in [1.82, 2.24) is 14.5 Å². The molecule has 0 amide bonds. The monoisotopic (exact) mass is 426 g/mol. The average Bonchev–Trinajstić information content (AvgIpc) is 2.80. The molecule has 0 atom stereocenters. The van der Waals surface area contributed by atoms with Gasteiger partial charge in [0.15, 0.2) is 5.82 Å². The fourth-order valence-electron chi connectivity index (χ4n) is 3.47. The highest BCUT2D eigenvalue weighted by Crippen LogP contribution is 2.22. The van der Waals surface area contributed by atoms with E-state index in [1.165, 1.54) is 22.0 Å². The maximum absolute atomic E-state index is 13.1. The van der Waals surface area contributed by atoms with Gasteiger partial charge in [0.1, 0.15) is 5.82 Å². The van der Waals surface area contributed by atoms with Crippen LogP contribution in [0.15, 0.2) is 65.6 Å². The summed E-state index contributed by atoms with van der Waals surface area (Å²) in [5.74, 6) is 0.268. The largest absolute Gasteiger partial charge is 0.352 e. The highest BCUT2D eigenvalue weighted by molar-refractivity contribution is 7.89. The van der Waals surface area contributed by atoms with Crippen LogP contribution < -0.4 is 4.90 Å². The molecule has 2 aromatic carbocycles. The molecule has 0 bridgehead atoms. The molecule has 156 valence electrons. The van der Waals surface area contributed by atoms with Gasteiger partial charge in [0.25, 0.3) is 0 Å². The number of aromatic nitrogens is 2. The summed E-state index contributed by atoms with van der Waals surface area (Å²) in [6.07, 6.45) is 0.994. The van der Waals surface area contributed by atoms with Crippen molar-refractivity contribution in [2.45, 2.75) is 18.2 Å². The fourth-order valence-corrected chi connectivity index (χ4v) is 4.89. The molecule has 2 heterocycles. The Labute approximate surface area is 176 Å². The minimum absolute atomic E-state index is 0.107. The number of aryl methyl sites for hydroxylation is 1. The van der Waals surface area contributed by atoms with Gasteiger partial charge in [-0.15, -0.1) is 10.2 Å². The van der Waals surface area contributed by atoms with Crippen molar-refractivity contribution in [3.8, 4) is 11.3 Å². The van der Waals surface area contributed by atoms with E-state index in [2.05, 4.69) is 29.3 Å². The number of hydrogen-bond donors (Lipinski definition) is 0. The van der Waals surface area contributed by atoms with E-state index in [9.17, 15) is 12.8 Å². The van der Waals surface area contributed by atoms with Gasteiger partial charge in [0.2, 0.25) is 10.0 Å². The molecule has 6 nitrogen and oxygen atoms in total. The number of nitrogens with zero attached hydrogens (tertiary/aromatic N) is 4. The molecule has 0 saturated carbocycles. The molecule has 0 radical (unpaired) electrons. The molecule has 0 N–H and O–H groups in total. The van der Waals surface area contributed by atoms with Crippen LogP contribution in [0.1, 0.15) is 12.5 Å². The normalized spacial score (nSPS) is 15.3. The first-order valence-electron chi connectivity index (χ1n) is 9.91. The lowest BCUT2D eigenvalue weighted by Gasteiger charge is -2.34. The number of rotatable bonds is 5. The van der Waals surface area contributed by atoms with E-state index in [4.69, 9.17) is 0 Å². The Bertz CT molecular complexity index is 1090. The first-order valence-corrected chi connectivity index (χ1v) is 11.3. The molecule has 3 aromatic rings. The highest BCUT2D eigenvalue weighted by Gasteiger charge is 2.29. The van der Waals surface area contributed by atoms with Gasteiger partial charge in [-0.1, -0.05) is 31.2 Å². The van der Waals surface area contributed by atoms with E-state index in [1.807, 2.05) is 29.2 Å². The number of sulfonamides is 1. The second-order valence-electron chi connectivity index (χ2n) is 7.17.